The van der Waals surface area contributed by atoms with E-state index in [4.69, 9.17) is 0 Å². The van der Waals surface area contributed by atoms with Crippen LogP contribution >= 0.6 is 0 Å². The molecule has 1 fully saturated rings. The van der Waals surface area contributed by atoms with Gasteiger partial charge in [-0.05, 0) is 0 Å². The Kier molecular flexibility index (Phi) is 12.1. The summed E-state index contributed by atoms with van der Waals surface area (Å²) in [4.78, 5) is 0.0939. The molecule has 1 aliphatic rings. The molecule has 4 nitrogen and oxygen atoms in total. The second-order valence-electron chi connectivity index (χ2n) is 16.1. The van der Waals surface area contributed by atoms with Crippen molar-refractivity contribution in [1.29, 1.82) is 0 Å². The molecule has 1 aliphatic carbocycles. The van der Waals surface area contributed by atoms with Crippen LogP contribution in [0.25, 0.3) is 0 Å². The second-order valence-corrected chi connectivity index (χ2v) is 37.7. The molecule has 0 aromatic heterocycles. The summed E-state index contributed by atoms with van der Waals surface area (Å²) in [7, 11) is -10.2. The number of sulfone groups is 2. The molecular weight excluding hydrogens is 827 g/mol. The van der Waals surface area contributed by atoms with Crippen molar-refractivity contribution in [2.75, 3.05) is 0 Å². The molecule has 0 spiro atoms. The Morgan fingerprint density at radius 1 is 0.556 bits per heavy atom. The molecule has 8 heteroatoms. The van der Waals surface area contributed by atoms with Crippen molar-refractivity contribution in [1.82, 2.24) is 0 Å². The van der Waals surface area contributed by atoms with E-state index in [0.29, 0.717) is 0 Å². The number of hydrogen-bond donors (Lipinski definition) is 0. The van der Waals surface area contributed by atoms with Crippen LogP contribution in [0, 0.1) is 25.7 Å². The van der Waals surface area contributed by atoms with Crippen LogP contribution in [0.1, 0.15) is 24.0 Å². The quantitative estimate of drug-likeness (QED) is 0.0876. The van der Waals surface area contributed by atoms with E-state index in [0.717, 1.165) is 21.6 Å². The molecule has 5 aromatic rings. The van der Waals surface area contributed by atoms with Crippen LogP contribution in [0.4, 0.5) is 0 Å². The first-order valence-electron chi connectivity index (χ1n) is 18.8. The van der Waals surface area contributed by atoms with Crippen molar-refractivity contribution in [3.63, 3.8) is 0 Å². The van der Waals surface area contributed by atoms with Gasteiger partial charge in [-0.15, -0.1) is 0 Å². The number of benzene rings is 5. The first-order valence-corrected chi connectivity index (χ1v) is 31.8. The third-order valence-corrected chi connectivity index (χ3v) is 31.9. The predicted molar refractivity (Wildman–Crippen MR) is 231 cm³/mol. The van der Waals surface area contributed by atoms with Gasteiger partial charge in [0.05, 0.1) is 0 Å². The minimum atomic E-state index is -4.37. The zero-order valence-corrected chi connectivity index (χ0v) is 37.5. The predicted octanol–water partition coefficient (Wildman–Crippen LogP) is 8.89. The van der Waals surface area contributed by atoms with Crippen molar-refractivity contribution in [2.45, 2.75) is 70.7 Å². The molecule has 0 bridgehead atoms. The fraction of sp³-hybridized carbons (Fsp3) is 0.261. The summed E-state index contributed by atoms with van der Waals surface area (Å²) >= 11 is -3.70. The van der Waals surface area contributed by atoms with E-state index in [9.17, 15) is 0 Å². The van der Waals surface area contributed by atoms with Crippen LogP contribution in [-0.4, -0.2) is 47.4 Å². The molecule has 0 amide bonds. The SMILES string of the molecule is Cc1ccc(S(=O)(=O)C2(S(=O)(=O)c3ccc(C)cc3)C[C@@H](/C=C\C[Si](C)(C)C)[C@H](/C=C/[CH2][Sn]([c]3ccccc3)([c]3ccccc3)[c]3ccccc3)C2)cc1. The third-order valence-electron chi connectivity index (χ3n) is 11.0. The zero-order valence-electron chi connectivity index (χ0n) is 32.0. The Bertz CT molecular complexity index is 2130. The fourth-order valence-corrected chi connectivity index (χ4v) is 26.9. The summed E-state index contributed by atoms with van der Waals surface area (Å²) in [6.07, 6.45) is 8.71. The Hall–Kier alpha value is -3.50. The van der Waals surface area contributed by atoms with E-state index in [2.05, 4.69) is 135 Å². The average Bonchev–Trinajstić information content (AvgIpc) is 3.55. The van der Waals surface area contributed by atoms with E-state index < -0.39 is 50.2 Å². The molecule has 1 saturated carbocycles. The van der Waals surface area contributed by atoms with Gasteiger partial charge in [0.2, 0.25) is 0 Å². The first-order chi connectivity index (χ1) is 25.7. The van der Waals surface area contributed by atoms with Crippen LogP contribution in [0.3, 0.4) is 0 Å². The number of allylic oxidation sites excluding steroid dienone is 4. The van der Waals surface area contributed by atoms with Crippen LogP contribution in [0.5, 0.6) is 0 Å². The van der Waals surface area contributed by atoms with Crippen LogP contribution < -0.4 is 10.7 Å². The molecule has 5 aromatic carbocycles. The van der Waals surface area contributed by atoms with E-state index in [1.807, 2.05) is 13.8 Å². The van der Waals surface area contributed by atoms with Gasteiger partial charge in [-0.2, -0.15) is 0 Å². The van der Waals surface area contributed by atoms with E-state index in [-0.39, 0.29) is 34.5 Å². The van der Waals surface area contributed by atoms with Gasteiger partial charge < -0.3 is 0 Å². The number of rotatable bonds is 13. The third kappa shape index (κ3) is 8.06. The van der Waals surface area contributed by atoms with Crippen LogP contribution in [0.15, 0.2) is 174 Å². The number of aryl methyl sites for hydroxylation is 2. The van der Waals surface area contributed by atoms with Gasteiger partial charge in [0.25, 0.3) is 0 Å². The summed E-state index contributed by atoms with van der Waals surface area (Å²) in [6.45, 7) is 10.7. The van der Waals surface area contributed by atoms with Crippen molar-refractivity contribution in [2.24, 2.45) is 11.8 Å². The van der Waals surface area contributed by atoms with Gasteiger partial charge in [0.1, 0.15) is 0 Å². The van der Waals surface area contributed by atoms with Crippen molar-refractivity contribution >= 4 is 56.9 Å². The van der Waals surface area contributed by atoms with E-state index in [1.165, 1.54) is 10.7 Å². The molecule has 0 radical (unpaired) electrons. The van der Waals surface area contributed by atoms with Crippen LogP contribution in [0.2, 0.25) is 30.1 Å². The minimum absolute atomic E-state index is 0.0128. The molecule has 0 unspecified atom stereocenters. The first kappa shape index (κ1) is 40.2. The average molecular weight is 880 g/mol. The standard InChI is InChI=1S/C28H37O4S2Si.3C6H5.Sn/c1-7-9-24-20-28(21-25(24)10-8-19-35(4,5)6,33(29,30)26-15-11-22(2)12-16-26)34(31,32)27-17-13-23(3)14-18-27;3*1-2-4-6-5-3-1;/h7-18,24-25H,1,19-21H2,2-6H3;3*1-5H;/b9-7+,10-8-;;;;/t24-,25-;;;;/m1..../s1. The van der Waals surface area contributed by atoms with Crippen LogP contribution in [-0.2, 0) is 19.7 Å². The monoisotopic (exact) mass is 880 g/mol. The van der Waals surface area contributed by atoms with Gasteiger partial charge in [-0.3, -0.25) is 0 Å². The molecule has 2 atom stereocenters. The summed E-state index contributed by atoms with van der Waals surface area (Å²) in [5.41, 5.74) is 1.82. The molecular formula is C46H52O4S2SiSn. The normalized spacial score (nSPS) is 18.0. The van der Waals surface area contributed by atoms with Gasteiger partial charge in [0.15, 0.2) is 0 Å². The molecule has 0 aliphatic heterocycles. The molecule has 0 heterocycles. The maximum atomic E-state index is 15.1. The number of hydrogen-bond acceptors (Lipinski definition) is 4. The molecule has 0 N–H and O–H groups in total. The Labute approximate surface area is 328 Å². The van der Waals surface area contributed by atoms with Gasteiger partial charge in [0, 0.05) is 0 Å². The fourth-order valence-electron chi connectivity index (χ4n) is 8.01. The van der Waals surface area contributed by atoms with E-state index >= 15 is 16.8 Å². The van der Waals surface area contributed by atoms with Crippen molar-refractivity contribution in [3.8, 4) is 0 Å². The maximum absolute atomic E-state index is 15.1. The Balaban J connectivity index is 1.51. The molecule has 6 rings (SSSR count). The summed E-state index contributed by atoms with van der Waals surface area (Å²) in [5.74, 6) is -0.595. The molecule has 54 heavy (non-hydrogen) atoms. The summed E-state index contributed by atoms with van der Waals surface area (Å²) in [6, 6.07) is 46.6. The van der Waals surface area contributed by atoms with E-state index in [1.54, 1.807) is 48.5 Å². The van der Waals surface area contributed by atoms with Crippen molar-refractivity contribution < 1.29 is 16.8 Å². The van der Waals surface area contributed by atoms with Gasteiger partial charge in [-0.1, -0.05) is 0 Å². The zero-order chi connectivity index (χ0) is 38.6. The van der Waals surface area contributed by atoms with Gasteiger partial charge >= 0.3 is 331 Å². The Morgan fingerprint density at radius 3 is 1.26 bits per heavy atom. The Morgan fingerprint density at radius 2 is 0.907 bits per heavy atom. The topological polar surface area (TPSA) is 68.3 Å². The van der Waals surface area contributed by atoms with Gasteiger partial charge in [-0.25, -0.2) is 0 Å². The summed E-state index contributed by atoms with van der Waals surface area (Å²) in [5, 5.41) is 0. The second kappa shape index (κ2) is 16.3. The summed E-state index contributed by atoms with van der Waals surface area (Å²) < 4.78 is 63.0. The molecule has 280 valence electrons. The van der Waals surface area contributed by atoms with Crippen molar-refractivity contribution in [3.05, 3.63) is 175 Å². The molecule has 0 saturated heterocycles.